The zero-order valence-corrected chi connectivity index (χ0v) is 10.7. The molecule has 1 aromatic rings. The quantitative estimate of drug-likeness (QED) is 0.648. The van der Waals surface area contributed by atoms with Gasteiger partial charge in [0.2, 0.25) is 0 Å². The molecule has 0 saturated carbocycles. The van der Waals surface area contributed by atoms with E-state index in [4.69, 9.17) is 17.9 Å². The van der Waals surface area contributed by atoms with Gasteiger partial charge in [-0.15, -0.1) is 6.42 Å². The van der Waals surface area contributed by atoms with E-state index < -0.39 is 0 Å². The van der Waals surface area contributed by atoms with Gasteiger partial charge < -0.3 is 21.7 Å². The average Bonchev–Trinajstić information content (AvgIpc) is 2.92. The van der Waals surface area contributed by atoms with E-state index in [1.165, 1.54) is 11.3 Å². The van der Waals surface area contributed by atoms with E-state index in [1.807, 2.05) is 4.90 Å². The normalized spacial score (nSPS) is 18.7. The third kappa shape index (κ3) is 2.55. The highest BCUT2D eigenvalue weighted by Crippen LogP contribution is 2.29. The second kappa shape index (κ2) is 5.25. The number of carbonyl (C=O) groups is 1. The molecule has 0 radical (unpaired) electrons. The molecule has 5 N–H and O–H groups in total. The van der Waals surface area contributed by atoms with Crippen LogP contribution in [0.15, 0.2) is 0 Å². The molecule has 0 aromatic carbocycles. The molecule has 1 saturated heterocycles. The van der Waals surface area contributed by atoms with Gasteiger partial charge in [0.1, 0.15) is 10.7 Å². The molecule has 0 aliphatic carbocycles. The lowest BCUT2D eigenvalue weighted by Crippen LogP contribution is -2.26. The molecule has 6 nitrogen and oxygen atoms in total. The molecule has 1 amide bonds. The lowest BCUT2D eigenvalue weighted by molar-refractivity contribution is 0.0963. The highest BCUT2D eigenvalue weighted by Gasteiger charge is 2.24. The standard InChI is InChI=1S/C11H15N5OS/c1-2-4-14-10(17)8-9(13)15-11(18-8)16-5-3-7(12)6-16/h1,7H,3-6,12-13H2,(H,14,17). The maximum absolute atomic E-state index is 11.8. The summed E-state index contributed by atoms with van der Waals surface area (Å²) in [5, 5.41) is 3.32. The van der Waals surface area contributed by atoms with Gasteiger partial charge >= 0.3 is 0 Å². The van der Waals surface area contributed by atoms with Crippen molar-refractivity contribution in [1.29, 1.82) is 0 Å². The van der Waals surface area contributed by atoms with Crippen LogP contribution in [0.2, 0.25) is 0 Å². The fourth-order valence-electron chi connectivity index (χ4n) is 1.79. The first-order valence-electron chi connectivity index (χ1n) is 5.60. The van der Waals surface area contributed by atoms with E-state index in [0.717, 1.165) is 24.6 Å². The molecule has 1 aromatic heterocycles. The third-order valence-electron chi connectivity index (χ3n) is 2.69. The zero-order valence-electron chi connectivity index (χ0n) is 9.85. The van der Waals surface area contributed by atoms with Gasteiger partial charge in [0.25, 0.3) is 5.91 Å². The maximum atomic E-state index is 11.8. The predicted molar refractivity (Wildman–Crippen MR) is 72.5 cm³/mol. The van der Waals surface area contributed by atoms with Crippen molar-refractivity contribution >= 4 is 28.2 Å². The Balaban J connectivity index is 2.12. The monoisotopic (exact) mass is 265 g/mol. The number of carbonyl (C=O) groups excluding carboxylic acids is 1. The van der Waals surface area contributed by atoms with Crippen LogP contribution >= 0.6 is 11.3 Å². The van der Waals surface area contributed by atoms with Gasteiger partial charge in [0.15, 0.2) is 5.13 Å². The van der Waals surface area contributed by atoms with Gasteiger partial charge in [-0.25, -0.2) is 4.98 Å². The molecule has 2 rings (SSSR count). The van der Waals surface area contributed by atoms with Crippen LogP contribution in [0.4, 0.5) is 10.9 Å². The summed E-state index contributed by atoms with van der Waals surface area (Å²) < 4.78 is 0. The number of terminal acetylenes is 1. The van der Waals surface area contributed by atoms with E-state index >= 15 is 0 Å². The first-order valence-corrected chi connectivity index (χ1v) is 6.42. The Morgan fingerprint density at radius 3 is 3.11 bits per heavy atom. The molecular weight excluding hydrogens is 250 g/mol. The Morgan fingerprint density at radius 1 is 1.72 bits per heavy atom. The fraction of sp³-hybridized carbons (Fsp3) is 0.455. The second-order valence-corrected chi connectivity index (χ2v) is 5.07. The molecule has 1 aliphatic rings. The minimum Gasteiger partial charge on any atom is -0.382 e. The number of nitrogens with two attached hydrogens (primary N) is 2. The van der Waals surface area contributed by atoms with Crippen molar-refractivity contribution in [1.82, 2.24) is 10.3 Å². The molecule has 0 spiro atoms. The van der Waals surface area contributed by atoms with Crippen LogP contribution in [0.5, 0.6) is 0 Å². The number of hydrogen-bond acceptors (Lipinski definition) is 6. The van der Waals surface area contributed by atoms with Crippen molar-refractivity contribution in [2.24, 2.45) is 5.73 Å². The highest BCUT2D eigenvalue weighted by molar-refractivity contribution is 7.18. The minimum absolute atomic E-state index is 0.161. The summed E-state index contributed by atoms with van der Waals surface area (Å²) in [6.45, 7) is 1.78. The van der Waals surface area contributed by atoms with E-state index in [1.54, 1.807) is 0 Å². The Morgan fingerprint density at radius 2 is 2.50 bits per heavy atom. The predicted octanol–water partition coefficient (Wildman–Crippen LogP) is -0.374. The van der Waals surface area contributed by atoms with E-state index in [2.05, 4.69) is 16.2 Å². The van der Waals surface area contributed by atoms with E-state index in [-0.39, 0.29) is 24.3 Å². The highest BCUT2D eigenvalue weighted by atomic mass is 32.1. The first kappa shape index (κ1) is 12.7. The van der Waals surface area contributed by atoms with Gasteiger partial charge in [0, 0.05) is 19.1 Å². The SMILES string of the molecule is C#CCNC(=O)c1sc(N2CCC(N)C2)nc1N. The molecule has 7 heteroatoms. The third-order valence-corrected chi connectivity index (χ3v) is 3.83. The molecule has 96 valence electrons. The summed E-state index contributed by atoms with van der Waals surface area (Å²) in [6.07, 6.45) is 6.01. The Kier molecular flexibility index (Phi) is 3.69. The van der Waals surface area contributed by atoms with Crippen molar-refractivity contribution in [3.63, 3.8) is 0 Å². The second-order valence-electron chi connectivity index (χ2n) is 4.09. The Labute approximate surface area is 109 Å². The number of nitrogens with one attached hydrogen (secondary N) is 1. The van der Waals surface area contributed by atoms with Crippen LogP contribution in [0.1, 0.15) is 16.1 Å². The van der Waals surface area contributed by atoms with Crippen LogP contribution in [0, 0.1) is 12.3 Å². The number of hydrogen-bond donors (Lipinski definition) is 3. The molecule has 1 fully saturated rings. The summed E-state index contributed by atoms with van der Waals surface area (Å²) >= 11 is 1.27. The molecule has 1 aliphatic heterocycles. The molecule has 1 atom stereocenters. The number of anilines is 2. The van der Waals surface area contributed by atoms with Crippen LogP contribution in [0.25, 0.3) is 0 Å². The number of nitrogen functional groups attached to an aromatic ring is 1. The van der Waals surface area contributed by atoms with Crippen LogP contribution < -0.4 is 21.7 Å². The molecular formula is C11H15N5OS. The van der Waals surface area contributed by atoms with Crippen molar-refractivity contribution < 1.29 is 4.79 Å². The summed E-state index contributed by atoms with van der Waals surface area (Å²) in [5.74, 6) is 2.30. The number of aromatic nitrogens is 1. The topological polar surface area (TPSA) is 97.3 Å². The maximum Gasteiger partial charge on any atom is 0.266 e. The number of rotatable bonds is 3. The molecule has 0 bridgehead atoms. The molecule has 18 heavy (non-hydrogen) atoms. The van der Waals surface area contributed by atoms with Crippen LogP contribution in [-0.2, 0) is 0 Å². The van der Waals surface area contributed by atoms with Gasteiger partial charge in [-0.2, -0.15) is 0 Å². The van der Waals surface area contributed by atoms with Gasteiger partial charge in [-0.3, -0.25) is 4.79 Å². The largest absolute Gasteiger partial charge is 0.382 e. The van der Waals surface area contributed by atoms with E-state index in [0.29, 0.717) is 4.88 Å². The Hall–Kier alpha value is -1.78. The van der Waals surface area contributed by atoms with Crippen molar-refractivity contribution in [2.75, 3.05) is 30.3 Å². The summed E-state index contributed by atoms with van der Waals surface area (Å²) in [4.78, 5) is 18.4. The van der Waals surface area contributed by atoms with Crippen LogP contribution in [-0.4, -0.2) is 36.6 Å². The molecule has 1 unspecified atom stereocenters. The van der Waals surface area contributed by atoms with Crippen molar-refractivity contribution in [3.05, 3.63) is 4.88 Å². The summed E-state index contributed by atoms with van der Waals surface area (Å²) in [7, 11) is 0. The van der Waals surface area contributed by atoms with Gasteiger partial charge in [0.05, 0.1) is 6.54 Å². The fourth-order valence-corrected chi connectivity index (χ4v) is 2.73. The summed E-state index contributed by atoms with van der Waals surface area (Å²) in [5.41, 5.74) is 11.6. The molecule has 2 heterocycles. The summed E-state index contributed by atoms with van der Waals surface area (Å²) in [6, 6.07) is 0.161. The smallest absolute Gasteiger partial charge is 0.266 e. The first-order chi connectivity index (χ1) is 8.61. The van der Waals surface area contributed by atoms with Gasteiger partial charge in [-0.1, -0.05) is 17.3 Å². The Bertz CT molecular complexity index is 492. The number of thiazole rings is 1. The van der Waals surface area contributed by atoms with Crippen molar-refractivity contribution in [3.8, 4) is 12.3 Å². The number of nitrogens with zero attached hydrogens (tertiary/aromatic N) is 2. The number of amides is 1. The van der Waals surface area contributed by atoms with Crippen LogP contribution in [0.3, 0.4) is 0 Å². The van der Waals surface area contributed by atoms with Crippen molar-refractivity contribution in [2.45, 2.75) is 12.5 Å². The lowest BCUT2D eigenvalue weighted by atomic mass is 10.3. The lowest BCUT2D eigenvalue weighted by Gasteiger charge is -2.12. The minimum atomic E-state index is -0.280. The zero-order chi connectivity index (χ0) is 13.1. The van der Waals surface area contributed by atoms with E-state index in [9.17, 15) is 4.79 Å². The van der Waals surface area contributed by atoms with Gasteiger partial charge in [-0.05, 0) is 6.42 Å². The average molecular weight is 265 g/mol.